The lowest BCUT2D eigenvalue weighted by Gasteiger charge is -2.20. The fourth-order valence-corrected chi connectivity index (χ4v) is 2.94. The molecule has 0 heterocycles. The Morgan fingerprint density at radius 3 is 2.67 bits per heavy atom. The van der Waals surface area contributed by atoms with Crippen LogP contribution >= 0.6 is 15.9 Å². The van der Waals surface area contributed by atoms with Crippen molar-refractivity contribution in [3.8, 4) is 11.5 Å². The van der Waals surface area contributed by atoms with E-state index in [0.29, 0.717) is 0 Å². The van der Waals surface area contributed by atoms with Crippen LogP contribution in [0.4, 0.5) is 0 Å². The van der Waals surface area contributed by atoms with E-state index in [1.54, 1.807) is 14.2 Å². The SMILES string of the molecule is COc1ccc(C2=CC(O)CCC2)c(OC)c1Br. The predicted octanol–water partition coefficient (Wildman–Crippen LogP) is 3.39. The Hall–Kier alpha value is -1.00. The lowest BCUT2D eigenvalue weighted by Crippen LogP contribution is -2.09. The largest absolute Gasteiger partial charge is 0.495 e. The summed E-state index contributed by atoms with van der Waals surface area (Å²) < 4.78 is 11.5. The monoisotopic (exact) mass is 312 g/mol. The number of methoxy groups -OCH3 is 2. The highest BCUT2D eigenvalue weighted by atomic mass is 79.9. The van der Waals surface area contributed by atoms with E-state index in [0.717, 1.165) is 46.4 Å². The summed E-state index contributed by atoms with van der Waals surface area (Å²) in [5.41, 5.74) is 2.15. The lowest BCUT2D eigenvalue weighted by molar-refractivity contribution is 0.206. The maximum absolute atomic E-state index is 9.72. The van der Waals surface area contributed by atoms with Crippen LogP contribution in [0.1, 0.15) is 24.8 Å². The summed E-state index contributed by atoms with van der Waals surface area (Å²) in [5.74, 6) is 1.50. The van der Waals surface area contributed by atoms with Crippen molar-refractivity contribution in [2.24, 2.45) is 0 Å². The maximum atomic E-state index is 9.72. The van der Waals surface area contributed by atoms with Gasteiger partial charge in [0.2, 0.25) is 0 Å². The first-order valence-corrected chi connectivity index (χ1v) is 6.76. The van der Waals surface area contributed by atoms with Gasteiger partial charge in [0.05, 0.1) is 20.3 Å². The summed E-state index contributed by atoms with van der Waals surface area (Å²) in [6, 6.07) is 3.88. The van der Waals surface area contributed by atoms with Crippen molar-refractivity contribution in [3.63, 3.8) is 0 Å². The van der Waals surface area contributed by atoms with Crippen molar-refractivity contribution in [2.75, 3.05) is 14.2 Å². The lowest BCUT2D eigenvalue weighted by atomic mass is 9.91. The molecule has 0 saturated carbocycles. The van der Waals surface area contributed by atoms with Crippen LogP contribution in [0.3, 0.4) is 0 Å². The fourth-order valence-electron chi connectivity index (χ4n) is 2.27. The highest BCUT2D eigenvalue weighted by molar-refractivity contribution is 9.10. The summed E-state index contributed by atoms with van der Waals surface area (Å²) in [7, 11) is 3.27. The molecule has 1 atom stereocenters. The molecule has 2 rings (SSSR count). The minimum atomic E-state index is -0.348. The average molecular weight is 313 g/mol. The van der Waals surface area contributed by atoms with E-state index in [1.807, 2.05) is 18.2 Å². The molecule has 0 bridgehead atoms. The first-order chi connectivity index (χ1) is 8.67. The average Bonchev–Trinajstić information content (AvgIpc) is 2.38. The van der Waals surface area contributed by atoms with Gasteiger partial charge < -0.3 is 14.6 Å². The van der Waals surface area contributed by atoms with E-state index >= 15 is 0 Å². The Labute approximate surface area is 116 Å². The summed E-state index contributed by atoms with van der Waals surface area (Å²) in [6.07, 6.45) is 4.37. The number of hydrogen-bond acceptors (Lipinski definition) is 3. The number of benzene rings is 1. The van der Waals surface area contributed by atoms with Crippen LogP contribution in [0.5, 0.6) is 11.5 Å². The van der Waals surface area contributed by atoms with E-state index < -0.39 is 0 Å². The zero-order valence-electron chi connectivity index (χ0n) is 10.6. The molecule has 0 saturated heterocycles. The molecule has 1 aliphatic carbocycles. The summed E-state index contributed by atoms with van der Waals surface area (Å²) >= 11 is 3.49. The van der Waals surface area contributed by atoms with Crippen molar-refractivity contribution in [1.29, 1.82) is 0 Å². The summed E-state index contributed by atoms with van der Waals surface area (Å²) in [5, 5.41) is 9.72. The molecule has 0 spiro atoms. The maximum Gasteiger partial charge on any atom is 0.144 e. The van der Waals surface area contributed by atoms with Gasteiger partial charge in [-0.1, -0.05) is 6.08 Å². The molecule has 1 aliphatic rings. The molecule has 1 unspecified atom stereocenters. The van der Waals surface area contributed by atoms with Crippen molar-refractivity contribution < 1.29 is 14.6 Å². The van der Waals surface area contributed by atoms with Gasteiger partial charge in [-0.05, 0) is 52.9 Å². The van der Waals surface area contributed by atoms with Gasteiger partial charge in [-0.3, -0.25) is 0 Å². The number of halogens is 1. The van der Waals surface area contributed by atoms with E-state index in [-0.39, 0.29) is 6.10 Å². The topological polar surface area (TPSA) is 38.7 Å². The van der Waals surface area contributed by atoms with E-state index in [1.165, 1.54) is 0 Å². The highest BCUT2D eigenvalue weighted by Crippen LogP contribution is 2.42. The molecular weight excluding hydrogens is 296 g/mol. The smallest absolute Gasteiger partial charge is 0.144 e. The zero-order valence-corrected chi connectivity index (χ0v) is 12.2. The second kappa shape index (κ2) is 5.76. The number of aliphatic hydroxyl groups excluding tert-OH is 1. The molecule has 0 amide bonds. The molecular formula is C14H17BrO3. The first-order valence-electron chi connectivity index (χ1n) is 5.97. The third-order valence-electron chi connectivity index (χ3n) is 3.17. The van der Waals surface area contributed by atoms with Crippen LogP contribution < -0.4 is 9.47 Å². The number of allylic oxidation sites excluding steroid dienone is 1. The van der Waals surface area contributed by atoms with Crippen molar-refractivity contribution in [2.45, 2.75) is 25.4 Å². The molecule has 0 aromatic heterocycles. The second-order valence-corrected chi connectivity index (χ2v) is 5.11. The molecule has 98 valence electrons. The Morgan fingerprint density at radius 2 is 2.06 bits per heavy atom. The van der Waals surface area contributed by atoms with E-state index in [2.05, 4.69) is 15.9 Å². The number of aliphatic hydroxyl groups is 1. The molecule has 0 aliphatic heterocycles. The van der Waals surface area contributed by atoms with Gasteiger partial charge in [-0.25, -0.2) is 0 Å². The number of ether oxygens (including phenoxy) is 2. The van der Waals surface area contributed by atoms with Gasteiger partial charge in [-0.2, -0.15) is 0 Å². The second-order valence-electron chi connectivity index (χ2n) is 4.31. The molecule has 0 fully saturated rings. The Kier molecular flexibility index (Phi) is 4.30. The highest BCUT2D eigenvalue weighted by Gasteiger charge is 2.19. The molecule has 0 radical (unpaired) electrons. The van der Waals surface area contributed by atoms with Crippen LogP contribution in [0.2, 0.25) is 0 Å². The molecule has 1 aromatic rings. The minimum Gasteiger partial charge on any atom is -0.495 e. The molecule has 4 heteroatoms. The molecule has 18 heavy (non-hydrogen) atoms. The summed E-state index contributed by atoms with van der Waals surface area (Å²) in [6.45, 7) is 0. The van der Waals surface area contributed by atoms with Gasteiger partial charge in [-0.15, -0.1) is 0 Å². The number of hydrogen-bond donors (Lipinski definition) is 1. The third-order valence-corrected chi connectivity index (χ3v) is 3.92. The van der Waals surface area contributed by atoms with Crippen LogP contribution in [0, 0.1) is 0 Å². The van der Waals surface area contributed by atoms with Gasteiger partial charge >= 0.3 is 0 Å². The Bertz CT molecular complexity index is 468. The van der Waals surface area contributed by atoms with Crippen molar-refractivity contribution >= 4 is 21.5 Å². The first kappa shape index (κ1) is 13.4. The Balaban J connectivity index is 2.48. The minimum absolute atomic E-state index is 0.348. The van der Waals surface area contributed by atoms with Gasteiger partial charge in [0.25, 0.3) is 0 Å². The fraction of sp³-hybridized carbons (Fsp3) is 0.429. The van der Waals surface area contributed by atoms with E-state index in [9.17, 15) is 5.11 Å². The normalized spacial score (nSPS) is 19.3. The molecule has 1 N–H and O–H groups in total. The van der Waals surface area contributed by atoms with Crippen LogP contribution in [-0.2, 0) is 0 Å². The zero-order chi connectivity index (χ0) is 13.1. The standard InChI is InChI=1S/C14H17BrO3/c1-17-12-7-6-11(14(18-2)13(12)15)9-4-3-5-10(16)8-9/h6-8,10,16H,3-5H2,1-2H3. The third kappa shape index (κ3) is 2.54. The van der Waals surface area contributed by atoms with Crippen LogP contribution in [0.15, 0.2) is 22.7 Å². The number of rotatable bonds is 3. The van der Waals surface area contributed by atoms with E-state index in [4.69, 9.17) is 9.47 Å². The molecule has 3 nitrogen and oxygen atoms in total. The Morgan fingerprint density at radius 1 is 1.28 bits per heavy atom. The molecule has 1 aromatic carbocycles. The van der Waals surface area contributed by atoms with Crippen molar-refractivity contribution in [3.05, 3.63) is 28.2 Å². The van der Waals surface area contributed by atoms with Gasteiger partial charge in [0.15, 0.2) is 0 Å². The summed E-state index contributed by atoms with van der Waals surface area (Å²) in [4.78, 5) is 0. The van der Waals surface area contributed by atoms with Gasteiger partial charge in [0, 0.05) is 5.56 Å². The predicted molar refractivity (Wildman–Crippen MR) is 75.1 cm³/mol. The van der Waals surface area contributed by atoms with Crippen molar-refractivity contribution in [1.82, 2.24) is 0 Å². The van der Waals surface area contributed by atoms with Crippen LogP contribution in [-0.4, -0.2) is 25.4 Å². The van der Waals surface area contributed by atoms with Crippen LogP contribution in [0.25, 0.3) is 5.57 Å². The van der Waals surface area contributed by atoms with Gasteiger partial charge in [0.1, 0.15) is 16.0 Å². The quantitative estimate of drug-likeness (QED) is 0.929.